The first-order valence-corrected chi connectivity index (χ1v) is 3.63. The topological polar surface area (TPSA) is 43.6 Å². The molecule has 0 N–H and O–H groups in total. The average Bonchev–Trinajstić information content (AvgIpc) is 2.56. The second kappa shape index (κ2) is 4.41. The minimum Gasteiger partial charge on any atom is -0.354 e. The van der Waals surface area contributed by atoms with Gasteiger partial charge in [0.2, 0.25) is 0 Å². The van der Waals surface area contributed by atoms with E-state index < -0.39 is 0 Å². The summed E-state index contributed by atoms with van der Waals surface area (Å²) >= 11 is 5.65. The van der Waals surface area contributed by atoms with Crippen LogP contribution in [0, 0.1) is 6.20 Å². The van der Waals surface area contributed by atoms with Gasteiger partial charge in [0.25, 0.3) is 0 Å². The molecular weight excluding hydrogens is 227 g/mol. The molecule has 4 nitrogen and oxygen atoms in total. The third-order valence-corrected chi connectivity index (χ3v) is 1.48. The Bertz CT molecular complexity index is 376. The predicted octanol–water partition coefficient (Wildman–Crippen LogP) is 1.11. The summed E-state index contributed by atoms with van der Waals surface area (Å²) in [5, 5.41) is 0.369. The predicted molar refractivity (Wildman–Crippen MR) is 43.0 cm³/mol. The minimum absolute atomic E-state index is 0. The zero-order chi connectivity index (χ0) is 8.39. The van der Waals surface area contributed by atoms with Crippen molar-refractivity contribution in [3.05, 3.63) is 36.1 Å². The third-order valence-electron chi connectivity index (χ3n) is 1.29. The molecule has 0 aliphatic carbocycles. The van der Waals surface area contributed by atoms with Gasteiger partial charge >= 0.3 is 0 Å². The summed E-state index contributed by atoms with van der Waals surface area (Å²) in [6.45, 7) is 0. The van der Waals surface area contributed by atoms with Crippen LogP contribution in [0.25, 0.3) is 5.95 Å². The molecule has 6 heteroatoms. The van der Waals surface area contributed by atoms with Crippen LogP contribution in [-0.4, -0.2) is 19.5 Å². The molecular formula is C7H4ClN4V-. The maximum absolute atomic E-state index is 5.65. The fraction of sp³-hybridized carbons (Fsp3) is 0. The first kappa shape index (κ1) is 10.2. The molecule has 0 unspecified atom stereocenters. The van der Waals surface area contributed by atoms with Gasteiger partial charge in [-0.15, -0.1) is 17.7 Å². The molecule has 2 rings (SSSR count). The van der Waals surface area contributed by atoms with Crippen molar-refractivity contribution >= 4 is 11.6 Å². The van der Waals surface area contributed by atoms with Gasteiger partial charge < -0.3 is 14.5 Å². The van der Waals surface area contributed by atoms with Gasteiger partial charge in [0.15, 0.2) is 0 Å². The largest absolute Gasteiger partial charge is 0.354 e. The van der Waals surface area contributed by atoms with Crippen LogP contribution in [0.5, 0.6) is 0 Å². The average molecular weight is 231 g/mol. The van der Waals surface area contributed by atoms with Gasteiger partial charge in [0.1, 0.15) is 5.95 Å². The Morgan fingerprint density at radius 2 is 2.31 bits per heavy atom. The van der Waals surface area contributed by atoms with E-state index in [4.69, 9.17) is 11.6 Å². The molecule has 0 aliphatic rings. The summed E-state index contributed by atoms with van der Waals surface area (Å²) in [4.78, 5) is 11.7. The summed E-state index contributed by atoms with van der Waals surface area (Å²) in [5.74, 6) is 0.472. The van der Waals surface area contributed by atoms with Crippen LogP contribution >= 0.6 is 11.6 Å². The van der Waals surface area contributed by atoms with Gasteiger partial charge in [-0.2, -0.15) is 0 Å². The number of hydrogen-bond donors (Lipinski definition) is 0. The van der Waals surface area contributed by atoms with Gasteiger partial charge in [0, 0.05) is 36.1 Å². The maximum atomic E-state index is 5.65. The van der Waals surface area contributed by atoms with Crippen molar-refractivity contribution in [3.8, 4) is 5.95 Å². The number of imidazole rings is 1. The van der Waals surface area contributed by atoms with E-state index in [1.165, 1.54) is 6.07 Å². The van der Waals surface area contributed by atoms with E-state index in [9.17, 15) is 0 Å². The molecule has 0 aromatic carbocycles. The van der Waals surface area contributed by atoms with Gasteiger partial charge in [0.05, 0.1) is 6.33 Å². The van der Waals surface area contributed by atoms with Gasteiger partial charge in [-0.3, -0.25) is 0 Å². The number of halogens is 1. The van der Waals surface area contributed by atoms with Gasteiger partial charge in [-0.05, 0) is 0 Å². The third kappa shape index (κ3) is 2.31. The minimum atomic E-state index is 0. The van der Waals surface area contributed by atoms with E-state index in [0.717, 1.165) is 0 Å². The van der Waals surface area contributed by atoms with Crippen LogP contribution in [0.4, 0.5) is 0 Å². The first-order chi connectivity index (χ1) is 5.86. The van der Waals surface area contributed by atoms with Crippen molar-refractivity contribution in [2.45, 2.75) is 0 Å². The first-order valence-electron chi connectivity index (χ1n) is 3.25. The van der Waals surface area contributed by atoms with Crippen LogP contribution in [-0.2, 0) is 18.6 Å². The van der Waals surface area contributed by atoms with E-state index in [1.807, 2.05) is 0 Å². The van der Waals surface area contributed by atoms with Crippen molar-refractivity contribution in [2.24, 2.45) is 0 Å². The molecule has 0 amide bonds. The zero-order valence-electron chi connectivity index (χ0n) is 6.42. The van der Waals surface area contributed by atoms with E-state index in [0.29, 0.717) is 11.1 Å². The number of aromatic nitrogens is 4. The van der Waals surface area contributed by atoms with Crippen molar-refractivity contribution < 1.29 is 18.6 Å². The van der Waals surface area contributed by atoms with Crippen LogP contribution < -0.4 is 0 Å². The van der Waals surface area contributed by atoms with Gasteiger partial charge in [-0.1, -0.05) is 6.20 Å². The van der Waals surface area contributed by atoms with E-state index in [-0.39, 0.29) is 18.6 Å². The second-order valence-electron chi connectivity index (χ2n) is 2.09. The Morgan fingerprint density at radius 1 is 1.46 bits per heavy atom. The van der Waals surface area contributed by atoms with Crippen molar-refractivity contribution in [1.82, 2.24) is 19.5 Å². The molecule has 2 heterocycles. The summed E-state index contributed by atoms with van der Waals surface area (Å²) in [5.41, 5.74) is 0. The van der Waals surface area contributed by atoms with Crippen molar-refractivity contribution in [2.75, 3.05) is 0 Å². The Kier molecular flexibility index (Phi) is 3.48. The van der Waals surface area contributed by atoms with Crippen LogP contribution in [0.3, 0.4) is 0 Å². The molecule has 2 aromatic heterocycles. The molecule has 0 fully saturated rings. The molecule has 0 bridgehead atoms. The quantitative estimate of drug-likeness (QED) is 0.545. The molecule has 2 aromatic rings. The fourth-order valence-electron chi connectivity index (χ4n) is 0.789. The van der Waals surface area contributed by atoms with Crippen LogP contribution in [0.15, 0.2) is 24.8 Å². The van der Waals surface area contributed by atoms with E-state index in [1.54, 1.807) is 23.3 Å². The van der Waals surface area contributed by atoms with Crippen LogP contribution in [0.1, 0.15) is 0 Å². The molecule has 65 valence electrons. The van der Waals surface area contributed by atoms with E-state index >= 15 is 0 Å². The zero-order valence-corrected chi connectivity index (χ0v) is 8.58. The molecule has 0 atom stereocenters. The molecule has 0 aliphatic heterocycles. The molecule has 0 saturated heterocycles. The SMILES string of the molecule is Clc1c[c-]nc(-n2ccnc2)n1.[V]. The molecule has 1 radical (unpaired) electrons. The number of nitrogens with zero attached hydrogens (tertiary/aromatic N) is 4. The van der Waals surface area contributed by atoms with Crippen molar-refractivity contribution in [3.63, 3.8) is 0 Å². The van der Waals surface area contributed by atoms with Crippen molar-refractivity contribution in [1.29, 1.82) is 0 Å². The Labute approximate surface area is 91.9 Å². The summed E-state index contributed by atoms with van der Waals surface area (Å²) in [6, 6.07) is 1.50. The number of rotatable bonds is 1. The monoisotopic (exact) mass is 230 g/mol. The summed E-state index contributed by atoms with van der Waals surface area (Å²) in [6.07, 6.45) is 7.60. The Hall–Kier alpha value is -0.836. The van der Waals surface area contributed by atoms with Gasteiger partial charge in [-0.25, -0.2) is 4.98 Å². The Morgan fingerprint density at radius 3 is 2.92 bits per heavy atom. The molecule has 0 saturated carbocycles. The number of hydrogen-bond acceptors (Lipinski definition) is 3. The summed E-state index contributed by atoms with van der Waals surface area (Å²) in [7, 11) is 0. The molecule has 13 heavy (non-hydrogen) atoms. The van der Waals surface area contributed by atoms with E-state index in [2.05, 4.69) is 21.1 Å². The normalized spacial score (nSPS) is 9.31. The maximum Gasteiger partial charge on any atom is 0.119 e. The smallest absolute Gasteiger partial charge is 0.119 e. The fourth-order valence-corrected chi connectivity index (χ4v) is 0.913. The summed E-state index contributed by atoms with van der Waals surface area (Å²) < 4.78 is 1.66. The standard InChI is InChI=1S/C7H4ClN4.V/c8-6-1-2-10-7(11-6)12-4-3-9-5-12;/h1,3-5H;/q-1;. The molecule has 0 spiro atoms. The van der Waals surface area contributed by atoms with Crippen LogP contribution in [0.2, 0.25) is 5.15 Å². The Balaban J connectivity index is 0.000000845. The second-order valence-corrected chi connectivity index (χ2v) is 2.48.